The molecule has 0 aliphatic heterocycles. The molecule has 21 heavy (non-hydrogen) atoms. The molecule has 0 aromatic heterocycles. The Morgan fingerprint density at radius 3 is 2.33 bits per heavy atom. The van der Waals surface area contributed by atoms with Gasteiger partial charge in [-0.3, -0.25) is 4.79 Å². The van der Waals surface area contributed by atoms with Crippen molar-refractivity contribution in [1.29, 1.82) is 0 Å². The minimum absolute atomic E-state index is 0.222. The van der Waals surface area contributed by atoms with Gasteiger partial charge in [0.1, 0.15) is 12.8 Å². The zero-order valence-corrected chi connectivity index (χ0v) is 11.9. The van der Waals surface area contributed by atoms with Crippen molar-refractivity contribution in [2.75, 3.05) is 12.4 Å². The molecule has 118 valence electrons. The molecule has 0 bridgehead atoms. The number of hydrogen-bond donors (Lipinski definition) is 0. The third-order valence-electron chi connectivity index (χ3n) is 2.74. The average Bonchev–Trinajstić information content (AvgIpc) is 2.46. The molecule has 7 heteroatoms. The molecule has 0 aliphatic carbocycles. The van der Waals surface area contributed by atoms with Crippen molar-refractivity contribution in [2.45, 2.75) is 31.1 Å². The number of carbonyl (C=O) groups is 1. The van der Waals surface area contributed by atoms with Gasteiger partial charge in [-0.1, -0.05) is 42.1 Å². The van der Waals surface area contributed by atoms with Crippen LogP contribution in [0, 0.1) is 0 Å². The van der Waals surface area contributed by atoms with Gasteiger partial charge in [-0.25, -0.2) is 22.0 Å². The number of thioether (sulfide) groups is 1. The highest BCUT2D eigenvalue weighted by Gasteiger charge is 2.36. The van der Waals surface area contributed by atoms with Crippen molar-refractivity contribution in [3.05, 3.63) is 35.9 Å². The molecule has 0 heterocycles. The van der Waals surface area contributed by atoms with Crippen molar-refractivity contribution in [3.63, 3.8) is 0 Å². The Bertz CT molecular complexity index is 440. The molecular formula is C14H15F5OS. The largest absolute Gasteiger partial charge is 0.282 e. The third kappa shape index (κ3) is 6.46. The summed E-state index contributed by atoms with van der Waals surface area (Å²) >= 11 is 0.688. The summed E-state index contributed by atoms with van der Waals surface area (Å²) in [6, 6.07) is 8.12. The second-order valence-corrected chi connectivity index (χ2v) is 5.57. The van der Waals surface area contributed by atoms with Gasteiger partial charge < -0.3 is 0 Å². The quantitative estimate of drug-likeness (QED) is 0.648. The van der Waals surface area contributed by atoms with E-state index in [1.807, 2.05) is 0 Å². The van der Waals surface area contributed by atoms with E-state index in [4.69, 9.17) is 0 Å². The second kappa shape index (κ2) is 8.36. The Morgan fingerprint density at radius 2 is 1.76 bits per heavy atom. The van der Waals surface area contributed by atoms with Crippen LogP contribution in [0.3, 0.4) is 0 Å². The van der Waals surface area contributed by atoms with Crippen LogP contribution in [0.1, 0.15) is 23.2 Å². The fourth-order valence-electron chi connectivity index (χ4n) is 1.56. The molecule has 1 aromatic carbocycles. The second-order valence-electron chi connectivity index (χ2n) is 4.50. The van der Waals surface area contributed by atoms with Gasteiger partial charge in [-0.2, -0.15) is 0 Å². The molecule has 0 N–H and O–H groups in total. The molecule has 0 spiro atoms. The zero-order chi connectivity index (χ0) is 15.9. The van der Waals surface area contributed by atoms with E-state index in [9.17, 15) is 26.7 Å². The first-order chi connectivity index (χ1) is 9.85. The molecule has 0 aliphatic rings. The highest BCUT2D eigenvalue weighted by atomic mass is 32.2. The van der Waals surface area contributed by atoms with Crippen molar-refractivity contribution < 1.29 is 26.7 Å². The molecular weight excluding hydrogens is 311 g/mol. The Hall–Kier alpha value is -1.11. The zero-order valence-electron chi connectivity index (χ0n) is 11.1. The van der Waals surface area contributed by atoms with Gasteiger partial charge in [0.2, 0.25) is 5.12 Å². The highest BCUT2D eigenvalue weighted by molar-refractivity contribution is 8.14. The summed E-state index contributed by atoms with van der Waals surface area (Å²) < 4.78 is 64.1. The van der Waals surface area contributed by atoms with Gasteiger partial charge in [-0.05, 0) is 0 Å². The number of carbonyl (C=O) groups excluding carboxylic acids is 1. The fraction of sp³-hybridized carbons (Fsp3) is 0.500. The Kier molecular flexibility index (Phi) is 7.14. The van der Waals surface area contributed by atoms with Gasteiger partial charge in [0.15, 0.2) is 6.17 Å². The number of hydrogen-bond acceptors (Lipinski definition) is 2. The van der Waals surface area contributed by atoms with Crippen molar-refractivity contribution >= 4 is 16.9 Å². The van der Waals surface area contributed by atoms with Gasteiger partial charge in [0.05, 0.1) is 0 Å². The monoisotopic (exact) mass is 326 g/mol. The SMILES string of the molecule is O=C(SCCC(F)(F)CC(F)C(F)CF)c1ccccc1. The van der Waals surface area contributed by atoms with Gasteiger partial charge in [-0.15, -0.1) is 0 Å². The van der Waals surface area contributed by atoms with E-state index in [2.05, 4.69) is 0 Å². The maximum absolute atomic E-state index is 13.4. The molecule has 0 amide bonds. The first-order valence-corrected chi connectivity index (χ1v) is 7.28. The summed E-state index contributed by atoms with van der Waals surface area (Å²) in [5, 5.41) is -0.365. The Labute approximate surface area is 123 Å². The number of alkyl halides is 5. The number of benzene rings is 1. The lowest BCUT2D eigenvalue weighted by Gasteiger charge is -2.19. The average molecular weight is 326 g/mol. The summed E-state index contributed by atoms with van der Waals surface area (Å²) in [6.07, 6.45) is -7.22. The van der Waals surface area contributed by atoms with Crippen LogP contribution in [-0.4, -0.2) is 35.8 Å². The normalized spacial score (nSPS) is 14.7. The van der Waals surface area contributed by atoms with Crippen molar-refractivity contribution in [2.24, 2.45) is 0 Å². The van der Waals surface area contributed by atoms with E-state index in [-0.39, 0.29) is 10.9 Å². The summed E-state index contributed by atoms with van der Waals surface area (Å²) in [5.74, 6) is -3.69. The molecule has 0 radical (unpaired) electrons. The predicted octanol–water partition coefficient (Wildman–Crippen LogP) is 4.62. The first-order valence-electron chi connectivity index (χ1n) is 6.30. The molecule has 0 saturated heterocycles. The maximum atomic E-state index is 13.4. The minimum Gasteiger partial charge on any atom is -0.282 e. The lowest BCUT2D eigenvalue weighted by molar-refractivity contribution is -0.0446. The number of rotatable bonds is 8. The topological polar surface area (TPSA) is 17.1 Å². The number of halogens is 5. The Morgan fingerprint density at radius 1 is 1.14 bits per heavy atom. The van der Waals surface area contributed by atoms with Gasteiger partial charge >= 0.3 is 0 Å². The van der Waals surface area contributed by atoms with Crippen molar-refractivity contribution in [3.8, 4) is 0 Å². The lowest BCUT2D eigenvalue weighted by Crippen LogP contribution is -2.29. The molecule has 0 fully saturated rings. The highest BCUT2D eigenvalue weighted by Crippen LogP contribution is 2.30. The van der Waals surface area contributed by atoms with E-state index < -0.39 is 37.8 Å². The lowest BCUT2D eigenvalue weighted by atomic mass is 10.1. The summed E-state index contributed by atoms with van der Waals surface area (Å²) in [6.45, 7) is -1.63. The molecule has 0 saturated carbocycles. The van der Waals surface area contributed by atoms with Crippen LogP contribution < -0.4 is 0 Å². The van der Waals surface area contributed by atoms with Crippen LogP contribution in [0.5, 0.6) is 0 Å². The molecule has 2 unspecified atom stereocenters. The molecule has 1 rings (SSSR count). The van der Waals surface area contributed by atoms with E-state index in [1.165, 1.54) is 0 Å². The smallest absolute Gasteiger partial charge is 0.251 e. The van der Waals surface area contributed by atoms with Crippen LogP contribution in [-0.2, 0) is 0 Å². The first kappa shape index (κ1) is 17.9. The Balaban J connectivity index is 2.38. The third-order valence-corrected chi connectivity index (χ3v) is 3.65. The van der Waals surface area contributed by atoms with Gasteiger partial charge in [0.25, 0.3) is 5.92 Å². The molecule has 1 nitrogen and oxygen atoms in total. The van der Waals surface area contributed by atoms with Gasteiger partial charge in [0, 0.05) is 24.2 Å². The van der Waals surface area contributed by atoms with E-state index >= 15 is 0 Å². The summed E-state index contributed by atoms with van der Waals surface area (Å²) in [5.41, 5.74) is 0.385. The van der Waals surface area contributed by atoms with E-state index in [0.717, 1.165) is 0 Å². The van der Waals surface area contributed by atoms with Crippen LogP contribution >= 0.6 is 11.8 Å². The molecule has 1 aromatic rings. The van der Waals surface area contributed by atoms with E-state index in [1.54, 1.807) is 30.3 Å². The van der Waals surface area contributed by atoms with E-state index in [0.29, 0.717) is 17.3 Å². The summed E-state index contributed by atoms with van der Waals surface area (Å²) in [7, 11) is 0. The fourth-order valence-corrected chi connectivity index (χ4v) is 2.45. The minimum atomic E-state index is -3.47. The molecule has 2 atom stereocenters. The van der Waals surface area contributed by atoms with Crippen LogP contribution in [0.25, 0.3) is 0 Å². The van der Waals surface area contributed by atoms with Crippen molar-refractivity contribution in [1.82, 2.24) is 0 Å². The van der Waals surface area contributed by atoms with Crippen LogP contribution in [0.2, 0.25) is 0 Å². The summed E-state index contributed by atoms with van der Waals surface area (Å²) in [4.78, 5) is 11.6. The standard InChI is InChI=1S/C14H15F5OS/c15-9-12(17)11(16)8-14(18,19)6-7-21-13(20)10-4-2-1-3-5-10/h1-5,11-12H,6-9H2. The van der Waals surface area contributed by atoms with Crippen LogP contribution in [0.15, 0.2) is 30.3 Å². The maximum Gasteiger partial charge on any atom is 0.251 e. The predicted molar refractivity (Wildman–Crippen MR) is 73.2 cm³/mol. The van der Waals surface area contributed by atoms with Crippen LogP contribution in [0.4, 0.5) is 22.0 Å².